The van der Waals surface area contributed by atoms with Gasteiger partial charge in [0.25, 0.3) is 0 Å². The molecule has 0 spiro atoms. The first-order chi connectivity index (χ1) is 5.20. The van der Waals surface area contributed by atoms with Gasteiger partial charge in [-0.15, -0.1) is 5.10 Å². The normalized spacial score (nSPS) is 8.73. The summed E-state index contributed by atoms with van der Waals surface area (Å²) >= 11 is 0. The first kappa shape index (κ1) is 10.1. The molecule has 0 aliphatic heterocycles. The summed E-state index contributed by atoms with van der Waals surface area (Å²) in [6.45, 7) is 6.27. The Hall–Kier alpha value is -0.860. The van der Waals surface area contributed by atoms with E-state index in [1.807, 2.05) is 20.2 Å². The molecule has 1 heterocycles. The Kier molecular flexibility index (Phi) is 5.43. The summed E-state index contributed by atoms with van der Waals surface area (Å²) in [7, 11) is 1.85. The molecule has 3 heteroatoms. The monoisotopic (exact) mass is 155 g/mol. The molecule has 0 unspecified atom stereocenters. The van der Waals surface area contributed by atoms with E-state index in [0.29, 0.717) is 0 Å². The predicted molar refractivity (Wildman–Crippen MR) is 46.3 cm³/mol. The van der Waals surface area contributed by atoms with Gasteiger partial charge in [-0.3, -0.25) is 4.68 Å². The van der Waals surface area contributed by atoms with Gasteiger partial charge in [0, 0.05) is 13.2 Å². The lowest BCUT2D eigenvalue weighted by Crippen LogP contribution is -1.85. The van der Waals surface area contributed by atoms with Crippen LogP contribution in [0.5, 0.6) is 0 Å². The van der Waals surface area contributed by atoms with Crippen LogP contribution < -0.4 is 0 Å². The number of hydrogen-bond acceptors (Lipinski definition) is 2. The molecule has 0 saturated carbocycles. The summed E-state index contributed by atoms with van der Waals surface area (Å²) in [5.41, 5.74) is 0.961. The molecule has 0 fully saturated rings. The molecule has 0 radical (unpaired) electrons. The van der Waals surface area contributed by atoms with Gasteiger partial charge in [0.2, 0.25) is 0 Å². The Labute approximate surface area is 68.4 Å². The van der Waals surface area contributed by atoms with Crippen molar-refractivity contribution < 1.29 is 0 Å². The van der Waals surface area contributed by atoms with Crippen LogP contribution >= 0.6 is 0 Å². The number of aryl methyl sites for hydroxylation is 2. The molecule has 1 aromatic heterocycles. The summed E-state index contributed by atoms with van der Waals surface area (Å²) in [4.78, 5) is 0. The molecule has 0 amide bonds. The average Bonchev–Trinajstić information content (AvgIpc) is 2.35. The molecule has 0 aromatic carbocycles. The quantitative estimate of drug-likeness (QED) is 0.620. The van der Waals surface area contributed by atoms with Crippen molar-refractivity contribution in [3.8, 4) is 0 Å². The Morgan fingerprint density at radius 1 is 1.36 bits per heavy atom. The molecule has 0 bridgehead atoms. The van der Waals surface area contributed by atoms with Gasteiger partial charge in [0.05, 0.1) is 5.69 Å². The van der Waals surface area contributed by atoms with E-state index in [-0.39, 0.29) is 0 Å². The minimum Gasteiger partial charge on any atom is -0.255 e. The second-order valence-corrected chi connectivity index (χ2v) is 2.53. The highest BCUT2D eigenvalue weighted by Crippen LogP contribution is 1.82. The second-order valence-electron chi connectivity index (χ2n) is 2.53. The summed E-state index contributed by atoms with van der Waals surface area (Å²) in [6, 6.07) is 0. The fourth-order valence-corrected chi connectivity index (χ4v) is 0.463. The molecule has 0 aliphatic rings. The zero-order valence-corrected chi connectivity index (χ0v) is 7.83. The highest BCUT2D eigenvalue weighted by atomic mass is 15.4. The van der Waals surface area contributed by atoms with Gasteiger partial charge in [-0.25, -0.2) is 0 Å². The fraction of sp³-hybridized carbons (Fsp3) is 0.750. The maximum absolute atomic E-state index is 3.73. The molecule has 11 heavy (non-hydrogen) atoms. The topological polar surface area (TPSA) is 30.7 Å². The third-order valence-corrected chi connectivity index (χ3v) is 1.22. The van der Waals surface area contributed by atoms with Gasteiger partial charge in [-0.2, -0.15) is 0 Å². The van der Waals surface area contributed by atoms with E-state index >= 15 is 0 Å². The van der Waals surface area contributed by atoms with Gasteiger partial charge < -0.3 is 0 Å². The molecule has 1 aromatic rings. The van der Waals surface area contributed by atoms with Crippen molar-refractivity contribution in [2.75, 3.05) is 0 Å². The van der Waals surface area contributed by atoms with E-state index in [1.54, 1.807) is 4.68 Å². The van der Waals surface area contributed by atoms with E-state index < -0.39 is 0 Å². The van der Waals surface area contributed by atoms with Crippen molar-refractivity contribution in [3.63, 3.8) is 0 Å². The summed E-state index contributed by atoms with van der Waals surface area (Å²) in [6.07, 6.45) is 4.50. The molecular formula is C8H17N3. The molecule has 3 nitrogen and oxygen atoms in total. The van der Waals surface area contributed by atoms with E-state index in [4.69, 9.17) is 0 Å². The maximum Gasteiger partial charge on any atom is 0.0796 e. The Morgan fingerprint density at radius 3 is 2.00 bits per heavy atom. The van der Waals surface area contributed by atoms with Crippen LogP contribution in [-0.2, 0) is 7.05 Å². The van der Waals surface area contributed by atoms with Crippen LogP contribution in [0.2, 0.25) is 0 Å². The summed E-state index contributed by atoms with van der Waals surface area (Å²) < 4.78 is 1.68. The van der Waals surface area contributed by atoms with E-state index in [1.165, 1.54) is 12.8 Å². The minimum absolute atomic E-state index is 0.961. The van der Waals surface area contributed by atoms with Crippen LogP contribution in [0.1, 0.15) is 32.4 Å². The fourth-order valence-electron chi connectivity index (χ4n) is 0.463. The van der Waals surface area contributed by atoms with Crippen LogP contribution in [0.15, 0.2) is 6.20 Å². The van der Waals surface area contributed by atoms with Crippen LogP contribution in [0.25, 0.3) is 0 Å². The lowest BCUT2D eigenvalue weighted by Gasteiger charge is -1.75. The van der Waals surface area contributed by atoms with Gasteiger partial charge in [0.1, 0.15) is 0 Å². The molecule has 0 saturated heterocycles. The SMILES string of the molecule is CCCC.Cc1cn(C)nn1. The van der Waals surface area contributed by atoms with Gasteiger partial charge >= 0.3 is 0 Å². The smallest absolute Gasteiger partial charge is 0.0796 e. The lowest BCUT2D eigenvalue weighted by atomic mass is 10.4. The summed E-state index contributed by atoms with van der Waals surface area (Å²) in [5, 5.41) is 7.41. The van der Waals surface area contributed by atoms with Crippen LogP contribution in [0.4, 0.5) is 0 Å². The Balaban J connectivity index is 0.000000218. The lowest BCUT2D eigenvalue weighted by molar-refractivity contribution is 0.714. The predicted octanol–water partition coefficient (Wildman–Crippen LogP) is 1.93. The van der Waals surface area contributed by atoms with Crippen molar-refractivity contribution in [1.82, 2.24) is 15.0 Å². The maximum atomic E-state index is 3.73. The van der Waals surface area contributed by atoms with Gasteiger partial charge in [-0.1, -0.05) is 31.9 Å². The first-order valence-corrected chi connectivity index (χ1v) is 4.03. The minimum atomic E-state index is 0.961. The van der Waals surface area contributed by atoms with E-state index in [2.05, 4.69) is 24.2 Å². The standard InChI is InChI=1S/C4H7N3.C4H10/c1-4-3-7(2)6-5-4;1-3-4-2/h3H,1-2H3;3-4H2,1-2H3. The Bertz CT molecular complexity index is 163. The van der Waals surface area contributed by atoms with Crippen molar-refractivity contribution in [2.45, 2.75) is 33.6 Å². The second kappa shape index (κ2) is 5.89. The zero-order valence-electron chi connectivity index (χ0n) is 7.83. The van der Waals surface area contributed by atoms with Crippen molar-refractivity contribution >= 4 is 0 Å². The number of unbranched alkanes of at least 4 members (excludes halogenated alkanes) is 1. The van der Waals surface area contributed by atoms with E-state index in [9.17, 15) is 0 Å². The highest BCUT2D eigenvalue weighted by molar-refractivity contribution is 4.85. The molecule has 1 rings (SSSR count). The largest absolute Gasteiger partial charge is 0.255 e. The van der Waals surface area contributed by atoms with Crippen molar-refractivity contribution in [1.29, 1.82) is 0 Å². The number of aromatic nitrogens is 3. The summed E-state index contributed by atoms with van der Waals surface area (Å²) in [5.74, 6) is 0. The molecule has 0 aliphatic carbocycles. The van der Waals surface area contributed by atoms with E-state index in [0.717, 1.165) is 5.69 Å². The Morgan fingerprint density at radius 2 is 1.91 bits per heavy atom. The van der Waals surface area contributed by atoms with Gasteiger partial charge in [0.15, 0.2) is 0 Å². The van der Waals surface area contributed by atoms with Crippen LogP contribution in [0, 0.1) is 6.92 Å². The molecule has 0 atom stereocenters. The van der Waals surface area contributed by atoms with Crippen molar-refractivity contribution in [2.24, 2.45) is 7.05 Å². The number of rotatable bonds is 1. The van der Waals surface area contributed by atoms with Crippen molar-refractivity contribution in [3.05, 3.63) is 11.9 Å². The third-order valence-electron chi connectivity index (χ3n) is 1.22. The first-order valence-electron chi connectivity index (χ1n) is 4.03. The highest BCUT2D eigenvalue weighted by Gasteiger charge is 1.83. The van der Waals surface area contributed by atoms with Gasteiger partial charge in [-0.05, 0) is 6.92 Å². The number of hydrogen-bond donors (Lipinski definition) is 0. The average molecular weight is 155 g/mol. The molecule has 64 valence electrons. The molecule has 0 N–H and O–H groups in total. The molecular weight excluding hydrogens is 138 g/mol. The van der Waals surface area contributed by atoms with Crippen LogP contribution in [-0.4, -0.2) is 15.0 Å². The zero-order chi connectivity index (χ0) is 8.69. The van der Waals surface area contributed by atoms with Crippen LogP contribution in [0.3, 0.4) is 0 Å². The third kappa shape index (κ3) is 5.58. The number of nitrogens with zero attached hydrogens (tertiary/aromatic N) is 3.